The van der Waals surface area contributed by atoms with Crippen LogP contribution in [-0.4, -0.2) is 26.1 Å². The lowest BCUT2D eigenvalue weighted by Gasteiger charge is -2.11. The smallest absolute Gasteiger partial charge is 0.239 e. The summed E-state index contributed by atoms with van der Waals surface area (Å²) in [5.41, 5.74) is 2.98. The summed E-state index contributed by atoms with van der Waals surface area (Å²) in [4.78, 5) is 11.9. The molecule has 0 bridgehead atoms. The van der Waals surface area contributed by atoms with Gasteiger partial charge in [0.15, 0.2) is 0 Å². The third-order valence-corrected chi connectivity index (χ3v) is 4.01. The van der Waals surface area contributed by atoms with E-state index in [-0.39, 0.29) is 12.5 Å². The lowest BCUT2D eigenvalue weighted by Crippen LogP contribution is -2.31. The summed E-state index contributed by atoms with van der Waals surface area (Å²) in [7, 11) is 1.64. The van der Waals surface area contributed by atoms with E-state index in [1.807, 2.05) is 49.4 Å². The quantitative estimate of drug-likeness (QED) is 0.816. The van der Waals surface area contributed by atoms with Crippen LogP contribution in [0.4, 0.5) is 5.69 Å². The highest BCUT2D eigenvalue weighted by Gasteiger charge is 2.05. The summed E-state index contributed by atoms with van der Waals surface area (Å²) in [6.45, 7) is 2.75. The molecule has 0 saturated carbocycles. The summed E-state index contributed by atoms with van der Waals surface area (Å²) in [6.07, 6.45) is 0.784. The average molecular weight is 333 g/mol. The van der Waals surface area contributed by atoms with Gasteiger partial charge in [0.25, 0.3) is 0 Å². The van der Waals surface area contributed by atoms with Crippen molar-refractivity contribution in [3.63, 3.8) is 0 Å². The van der Waals surface area contributed by atoms with E-state index in [0.717, 1.165) is 29.0 Å². The van der Waals surface area contributed by atoms with Crippen molar-refractivity contribution in [2.75, 3.05) is 25.5 Å². The average Bonchev–Trinajstić information content (AvgIpc) is 2.57. The maximum atomic E-state index is 11.9. The number of methoxy groups -OCH3 is 1. The third-order valence-electron chi connectivity index (χ3n) is 3.60. The van der Waals surface area contributed by atoms with E-state index in [4.69, 9.17) is 16.3 Å². The van der Waals surface area contributed by atoms with Crippen LogP contribution in [0.25, 0.3) is 0 Å². The van der Waals surface area contributed by atoms with E-state index in [9.17, 15) is 4.79 Å². The van der Waals surface area contributed by atoms with Crippen molar-refractivity contribution in [2.45, 2.75) is 13.3 Å². The van der Waals surface area contributed by atoms with E-state index in [0.29, 0.717) is 11.6 Å². The van der Waals surface area contributed by atoms with E-state index in [2.05, 4.69) is 10.6 Å². The SMILES string of the molecule is COc1ccc(CCNC(=O)CNc2cccc(Cl)c2C)cc1. The largest absolute Gasteiger partial charge is 0.497 e. The van der Waals surface area contributed by atoms with E-state index < -0.39 is 0 Å². The summed E-state index contributed by atoms with van der Waals surface area (Å²) >= 11 is 6.05. The summed E-state index contributed by atoms with van der Waals surface area (Å²) in [5.74, 6) is 0.789. The first-order valence-corrected chi connectivity index (χ1v) is 7.86. The molecular weight excluding hydrogens is 312 g/mol. The minimum atomic E-state index is -0.0436. The molecule has 0 fully saturated rings. The predicted molar refractivity (Wildman–Crippen MR) is 94.4 cm³/mol. The number of hydrogen-bond acceptors (Lipinski definition) is 3. The zero-order valence-corrected chi connectivity index (χ0v) is 14.1. The number of hydrogen-bond donors (Lipinski definition) is 2. The molecule has 1 amide bonds. The fraction of sp³-hybridized carbons (Fsp3) is 0.278. The van der Waals surface area contributed by atoms with Crippen LogP contribution in [-0.2, 0) is 11.2 Å². The van der Waals surface area contributed by atoms with Crippen LogP contribution in [0, 0.1) is 6.92 Å². The van der Waals surface area contributed by atoms with E-state index >= 15 is 0 Å². The molecule has 0 aliphatic heterocycles. The number of carbonyl (C=O) groups excluding carboxylic acids is 1. The van der Waals surface area contributed by atoms with E-state index in [1.54, 1.807) is 7.11 Å². The Hall–Kier alpha value is -2.20. The molecule has 0 aliphatic rings. The Morgan fingerprint density at radius 3 is 2.61 bits per heavy atom. The lowest BCUT2D eigenvalue weighted by molar-refractivity contribution is -0.119. The third kappa shape index (κ3) is 5.18. The van der Waals surface area contributed by atoms with Gasteiger partial charge in [-0.2, -0.15) is 0 Å². The van der Waals surface area contributed by atoms with Crippen LogP contribution in [0.2, 0.25) is 5.02 Å². The molecule has 2 rings (SSSR count). The number of rotatable bonds is 7. The van der Waals surface area contributed by atoms with Gasteiger partial charge in [0.05, 0.1) is 13.7 Å². The molecule has 2 aromatic carbocycles. The first kappa shape index (κ1) is 17.2. The van der Waals surface area contributed by atoms with E-state index in [1.165, 1.54) is 0 Å². The summed E-state index contributed by atoms with van der Waals surface area (Å²) in [5, 5.41) is 6.69. The van der Waals surface area contributed by atoms with Crippen LogP contribution < -0.4 is 15.4 Å². The number of anilines is 1. The normalized spacial score (nSPS) is 10.2. The summed E-state index contributed by atoms with van der Waals surface area (Å²) in [6, 6.07) is 13.4. The minimum Gasteiger partial charge on any atom is -0.497 e. The predicted octanol–water partition coefficient (Wildman–Crippen LogP) is 3.43. The molecule has 0 aliphatic carbocycles. The van der Waals surface area contributed by atoms with Gasteiger partial charge >= 0.3 is 0 Å². The Morgan fingerprint density at radius 1 is 1.17 bits per heavy atom. The number of benzene rings is 2. The molecule has 0 spiro atoms. The molecule has 5 heteroatoms. The molecule has 122 valence electrons. The van der Waals surface area contributed by atoms with Gasteiger partial charge in [-0.25, -0.2) is 0 Å². The minimum absolute atomic E-state index is 0.0436. The lowest BCUT2D eigenvalue weighted by atomic mass is 10.1. The van der Waals surface area contributed by atoms with Gasteiger partial charge in [0, 0.05) is 17.3 Å². The number of nitrogens with one attached hydrogen (secondary N) is 2. The number of ether oxygens (including phenoxy) is 1. The number of amides is 1. The van der Waals surface area contributed by atoms with Crippen LogP contribution >= 0.6 is 11.6 Å². The van der Waals surface area contributed by atoms with Crippen LogP contribution in [0.15, 0.2) is 42.5 Å². The van der Waals surface area contributed by atoms with Gasteiger partial charge in [-0.05, 0) is 48.7 Å². The first-order valence-electron chi connectivity index (χ1n) is 7.49. The fourth-order valence-electron chi connectivity index (χ4n) is 2.18. The Balaban J connectivity index is 1.73. The number of halogens is 1. The van der Waals surface area contributed by atoms with Crippen molar-refractivity contribution in [1.29, 1.82) is 0 Å². The Morgan fingerprint density at radius 2 is 1.91 bits per heavy atom. The van der Waals surface area contributed by atoms with Gasteiger partial charge in [-0.3, -0.25) is 4.79 Å². The monoisotopic (exact) mass is 332 g/mol. The zero-order valence-electron chi connectivity index (χ0n) is 13.4. The standard InChI is InChI=1S/C18H21ClN2O2/c1-13-16(19)4-3-5-17(13)21-12-18(22)20-11-10-14-6-8-15(23-2)9-7-14/h3-9,21H,10-12H2,1-2H3,(H,20,22). The van der Waals surface area contributed by atoms with Gasteiger partial charge in [0.2, 0.25) is 5.91 Å². The second kappa shape index (κ2) is 8.44. The maximum absolute atomic E-state index is 11.9. The Kier molecular flexibility index (Phi) is 6.29. The van der Waals surface area contributed by atoms with Crippen molar-refractivity contribution in [1.82, 2.24) is 5.32 Å². The van der Waals surface area contributed by atoms with Gasteiger partial charge in [-0.15, -0.1) is 0 Å². The molecule has 0 unspecified atom stereocenters. The van der Waals surface area contributed by atoms with Crippen molar-refractivity contribution < 1.29 is 9.53 Å². The fourth-order valence-corrected chi connectivity index (χ4v) is 2.35. The molecule has 0 aromatic heterocycles. The molecule has 0 saturated heterocycles. The highest BCUT2D eigenvalue weighted by atomic mass is 35.5. The van der Waals surface area contributed by atoms with Gasteiger partial charge in [-0.1, -0.05) is 29.8 Å². The van der Waals surface area contributed by atoms with Crippen LogP contribution in [0.5, 0.6) is 5.75 Å². The molecule has 0 atom stereocenters. The molecule has 23 heavy (non-hydrogen) atoms. The second-order valence-corrected chi connectivity index (χ2v) is 5.62. The Labute approximate surface area is 141 Å². The number of carbonyl (C=O) groups is 1. The van der Waals surface area contributed by atoms with Crippen molar-refractivity contribution in [3.8, 4) is 5.75 Å². The molecule has 0 radical (unpaired) electrons. The van der Waals surface area contributed by atoms with Gasteiger partial charge < -0.3 is 15.4 Å². The van der Waals surface area contributed by atoms with Crippen molar-refractivity contribution in [2.24, 2.45) is 0 Å². The van der Waals surface area contributed by atoms with Crippen LogP contribution in [0.3, 0.4) is 0 Å². The molecule has 2 aromatic rings. The molecule has 4 nitrogen and oxygen atoms in total. The van der Waals surface area contributed by atoms with Gasteiger partial charge in [0.1, 0.15) is 5.75 Å². The van der Waals surface area contributed by atoms with Crippen molar-refractivity contribution in [3.05, 3.63) is 58.6 Å². The topological polar surface area (TPSA) is 50.4 Å². The molecular formula is C18H21ClN2O2. The highest BCUT2D eigenvalue weighted by Crippen LogP contribution is 2.22. The highest BCUT2D eigenvalue weighted by molar-refractivity contribution is 6.31. The first-order chi connectivity index (χ1) is 11.1. The molecule has 0 heterocycles. The zero-order chi connectivity index (χ0) is 16.7. The maximum Gasteiger partial charge on any atom is 0.239 e. The molecule has 2 N–H and O–H groups in total. The van der Waals surface area contributed by atoms with Crippen molar-refractivity contribution >= 4 is 23.2 Å². The summed E-state index contributed by atoms with van der Waals surface area (Å²) < 4.78 is 5.12. The van der Waals surface area contributed by atoms with Crippen LogP contribution in [0.1, 0.15) is 11.1 Å². The second-order valence-electron chi connectivity index (χ2n) is 5.21. The Bertz CT molecular complexity index is 657.